The van der Waals surface area contributed by atoms with Crippen LogP contribution < -0.4 is 5.32 Å². The van der Waals surface area contributed by atoms with Crippen LogP contribution in [0, 0.1) is 0 Å². The second-order valence-electron chi connectivity index (χ2n) is 5.60. The first kappa shape index (κ1) is 17.3. The molecular weight excluding hydrogens is 380 g/mol. The summed E-state index contributed by atoms with van der Waals surface area (Å²) in [5, 5.41) is 13.3. The highest BCUT2D eigenvalue weighted by Gasteiger charge is 2.23. The standard InChI is InChI=1S/C20H17BrN2O2/c21-17-11-16(12-22-13-17)19(24)20(25)23-18(14-7-3-1-4-8-14)15-9-5-2-6-10-15/h1-13,18-19,24H,(H,23,25). The first-order chi connectivity index (χ1) is 12.1. The zero-order valence-electron chi connectivity index (χ0n) is 13.3. The largest absolute Gasteiger partial charge is 0.378 e. The van der Waals surface area contributed by atoms with Gasteiger partial charge >= 0.3 is 0 Å². The maximum atomic E-state index is 12.6. The molecule has 0 aliphatic rings. The Bertz CT molecular complexity index is 801. The first-order valence-corrected chi connectivity index (χ1v) is 8.63. The molecule has 0 saturated carbocycles. The lowest BCUT2D eigenvalue weighted by Crippen LogP contribution is -2.33. The number of rotatable bonds is 5. The Morgan fingerprint density at radius 2 is 1.48 bits per heavy atom. The van der Waals surface area contributed by atoms with E-state index in [0.717, 1.165) is 11.1 Å². The summed E-state index contributed by atoms with van der Waals surface area (Å²) >= 11 is 3.30. The van der Waals surface area contributed by atoms with Crippen molar-refractivity contribution in [3.05, 3.63) is 100 Å². The van der Waals surface area contributed by atoms with Crippen molar-refractivity contribution in [2.75, 3.05) is 0 Å². The van der Waals surface area contributed by atoms with Gasteiger partial charge in [0.1, 0.15) is 0 Å². The molecule has 0 aliphatic carbocycles. The van der Waals surface area contributed by atoms with Crippen molar-refractivity contribution in [3.8, 4) is 0 Å². The summed E-state index contributed by atoms with van der Waals surface area (Å²) < 4.78 is 0.708. The second kappa shape index (κ2) is 8.05. The summed E-state index contributed by atoms with van der Waals surface area (Å²) in [4.78, 5) is 16.6. The van der Waals surface area contributed by atoms with Gasteiger partial charge in [-0.05, 0) is 33.1 Å². The van der Waals surface area contributed by atoms with E-state index in [2.05, 4.69) is 26.2 Å². The summed E-state index contributed by atoms with van der Waals surface area (Å²) in [6, 6.07) is 20.7. The van der Waals surface area contributed by atoms with Crippen molar-refractivity contribution >= 4 is 21.8 Å². The maximum absolute atomic E-state index is 12.6. The number of carbonyl (C=O) groups is 1. The number of aromatic nitrogens is 1. The van der Waals surface area contributed by atoms with E-state index in [1.165, 1.54) is 6.20 Å². The minimum atomic E-state index is -1.29. The van der Waals surface area contributed by atoms with Crippen LogP contribution in [0.3, 0.4) is 0 Å². The molecule has 1 atom stereocenters. The lowest BCUT2D eigenvalue weighted by Gasteiger charge is -2.22. The minimum Gasteiger partial charge on any atom is -0.378 e. The second-order valence-corrected chi connectivity index (χ2v) is 6.52. The third kappa shape index (κ3) is 4.32. The van der Waals surface area contributed by atoms with Crippen molar-refractivity contribution in [1.29, 1.82) is 0 Å². The van der Waals surface area contributed by atoms with E-state index < -0.39 is 12.0 Å². The monoisotopic (exact) mass is 396 g/mol. The van der Waals surface area contributed by atoms with E-state index in [1.807, 2.05) is 60.7 Å². The minimum absolute atomic E-state index is 0.343. The van der Waals surface area contributed by atoms with Crippen LogP contribution in [0.5, 0.6) is 0 Å². The lowest BCUT2D eigenvalue weighted by atomic mass is 9.98. The maximum Gasteiger partial charge on any atom is 0.254 e. The fourth-order valence-electron chi connectivity index (χ4n) is 2.60. The van der Waals surface area contributed by atoms with E-state index in [1.54, 1.807) is 12.3 Å². The number of hydrogen-bond acceptors (Lipinski definition) is 3. The van der Waals surface area contributed by atoms with Gasteiger partial charge in [0.2, 0.25) is 0 Å². The molecule has 0 aliphatic heterocycles. The molecule has 0 fully saturated rings. The first-order valence-electron chi connectivity index (χ1n) is 7.84. The Hall–Kier alpha value is -2.50. The van der Waals surface area contributed by atoms with Crippen LogP contribution >= 0.6 is 15.9 Å². The van der Waals surface area contributed by atoms with Gasteiger partial charge < -0.3 is 10.4 Å². The van der Waals surface area contributed by atoms with E-state index >= 15 is 0 Å². The van der Waals surface area contributed by atoms with Crippen LogP contribution in [0.25, 0.3) is 0 Å². The number of aliphatic hydroxyl groups excluding tert-OH is 1. The number of benzene rings is 2. The molecule has 1 heterocycles. The van der Waals surface area contributed by atoms with E-state index in [0.29, 0.717) is 10.0 Å². The van der Waals surface area contributed by atoms with Gasteiger partial charge in [0.05, 0.1) is 6.04 Å². The summed E-state index contributed by atoms with van der Waals surface area (Å²) in [6.45, 7) is 0. The number of halogens is 1. The third-order valence-corrected chi connectivity index (χ3v) is 4.28. The van der Waals surface area contributed by atoms with Gasteiger partial charge in [-0.3, -0.25) is 9.78 Å². The van der Waals surface area contributed by atoms with Crippen molar-refractivity contribution in [1.82, 2.24) is 10.3 Å². The van der Waals surface area contributed by atoms with E-state index in [9.17, 15) is 9.90 Å². The Labute approximate surface area is 154 Å². The Morgan fingerprint density at radius 1 is 0.920 bits per heavy atom. The molecule has 0 radical (unpaired) electrons. The average Bonchev–Trinajstić information content (AvgIpc) is 2.66. The van der Waals surface area contributed by atoms with Crippen LogP contribution in [0.15, 0.2) is 83.6 Å². The van der Waals surface area contributed by atoms with Gasteiger partial charge in [-0.25, -0.2) is 0 Å². The van der Waals surface area contributed by atoms with Gasteiger partial charge in [-0.1, -0.05) is 60.7 Å². The summed E-state index contributed by atoms with van der Waals surface area (Å²) in [6.07, 6.45) is 1.79. The van der Waals surface area contributed by atoms with E-state index in [4.69, 9.17) is 0 Å². The quantitative estimate of drug-likeness (QED) is 0.689. The predicted molar refractivity (Wildman–Crippen MR) is 99.8 cm³/mol. The number of nitrogens with zero attached hydrogens (tertiary/aromatic N) is 1. The summed E-state index contributed by atoms with van der Waals surface area (Å²) in [5.74, 6) is -0.474. The molecule has 4 nitrogen and oxygen atoms in total. The molecular formula is C20H17BrN2O2. The molecule has 1 aromatic heterocycles. The highest BCUT2D eigenvalue weighted by molar-refractivity contribution is 9.10. The number of hydrogen-bond donors (Lipinski definition) is 2. The van der Waals surface area contributed by atoms with Crippen molar-refractivity contribution in [3.63, 3.8) is 0 Å². The fourth-order valence-corrected chi connectivity index (χ4v) is 2.98. The molecule has 3 rings (SSSR count). The zero-order valence-corrected chi connectivity index (χ0v) is 14.9. The van der Waals surface area contributed by atoms with Crippen molar-refractivity contribution in [2.24, 2.45) is 0 Å². The van der Waals surface area contributed by atoms with Gasteiger partial charge in [-0.2, -0.15) is 0 Å². The highest BCUT2D eigenvalue weighted by Crippen LogP contribution is 2.24. The van der Waals surface area contributed by atoms with Crippen LogP contribution in [0.2, 0.25) is 0 Å². The summed E-state index contributed by atoms with van der Waals surface area (Å²) in [5.41, 5.74) is 2.33. The Kier molecular flexibility index (Phi) is 5.58. The number of amides is 1. The Morgan fingerprint density at radius 3 is 2.00 bits per heavy atom. The smallest absolute Gasteiger partial charge is 0.254 e. The van der Waals surface area contributed by atoms with Crippen LogP contribution in [0.1, 0.15) is 28.8 Å². The molecule has 1 amide bonds. The van der Waals surface area contributed by atoms with Gasteiger partial charge in [-0.15, -0.1) is 0 Å². The van der Waals surface area contributed by atoms with Crippen LogP contribution in [0.4, 0.5) is 0 Å². The molecule has 3 aromatic rings. The van der Waals surface area contributed by atoms with Gasteiger partial charge in [0.15, 0.2) is 6.10 Å². The zero-order chi connectivity index (χ0) is 17.6. The molecule has 0 saturated heterocycles. The molecule has 1 unspecified atom stereocenters. The number of aliphatic hydroxyl groups is 1. The SMILES string of the molecule is O=C(NC(c1ccccc1)c1ccccc1)C(O)c1cncc(Br)c1. The number of pyridine rings is 1. The number of nitrogens with one attached hydrogen (secondary N) is 1. The highest BCUT2D eigenvalue weighted by atomic mass is 79.9. The Balaban J connectivity index is 1.86. The molecule has 2 N–H and O–H groups in total. The van der Waals surface area contributed by atoms with Gasteiger partial charge in [0.25, 0.3) is 5.91 Å². The number of carbonyl (C=O) groups excluding carboxylic acids is 1. The van der Waals surface area contributed by atoms with Gasteiger partial charge in [0, 0.05) is 22.4 Å². The van der Waals surface area contributed by atoms with E-state index in [-0.39, 0.29) is 6.04 Å². The predicted octanol–water partition coefficient (Wildman–Crippen LogP) is 3.78. The molecule has 0 bridgehead atoms. The third-order valence-electron chi connectivity index (χ3n) is 3.84. The lowest BCUT2D eigenvalue weighted by molar-refractivity contribution is -0.130. The van der Waals surface area contributed by atoms with Crippen molar-refractivity contribution in [2.45, 2.75) is 12.1 Å². The molecule has 2 aromatic carbocycles. The van der Waals surface area contributed by atoms with Crippen LogP contribution in [-0.2, 0) is 4.79 Å². The fraction of sp³-hybridized carbons (Fsp3) is 0.100. The normalized spacial score (nSPS) is 12.0. The van der Waals surface area contributed by atoms with Crippen LogP contribution in [-0.4, -0.2) is 16.0 Å². The molecule has 5 heteroatoms. The molecule has 0 spiro atoms. The summed E-state index contributed by atoms with van der Waals surface area (Å²) in [7, 11) is 0. The molecule has 126 valence electrons. The molecule has 25 heavy (non-hydrogen) atoms. The topological polar surface area (TPSA) is 62.2 Å². The van der Waals surface area contributed by atoms with Crippen molar-refractivity contribution < 1.29 is 9.90 Å². The average molecular weight is 397 g/mol.